The van der Waals surface area contributed by atoms with Crippen LogP contribution in [0.2, 0.25) is 0 Å². The molecule has 0 saturated carbocycles. The van der Waals surface area contributed by atoms with E-state index in [-0.39, 0.29) is 6.61 Å². The summed E-state index contributed by atoms with van der Waals surface area (Å²) in [6.45, 7) is 5.13. The zero-order valence-corrected chi connectivity index (χ0v) is 9.85. The van der Waals surface area contributed by atoms with E-state index in [0.29, 0.717) is 11.6 Å². The molecule has 16 heavy (non-hydrogen) atoms. The molecular weight excluding hydrogens is 200 g/mol. The lowest BCUT2D eigenvalue weighted by atomic mass is 10.1. The third kappa shape index (κ3) is 2.98. The molecule has 0 aliphatic rings. The smallest absolute Gasteiger partial charge is 0.101 e. The van der Waals surface area contributed by atoms with Gasteiger partial charge in [-0.3, -0.25) is 0 Å². The molecular formula is C13H18N2O. The molecule has 1 rings (SSSR count). The van der Waals surface area contributed by atoms with Gasteiger partial charge in [0, 0.05) is 19.2 Å². The molecule has 3 heteroatoms. The number of hydrogen-bond donors (Lipinski definition) is 1. The Morgan fingerprint density at radius 1 is 1.38 bits per heavy atom. The minimum Gasteiger partial charge on any atom is -0.396 e. The molecule has 0 heterocycles. The molecule has 1 aromatic rings. The number of nitriles is 1. The summed E-state index contributed by atoms with van der Waals surface area (Å²) in [5.41, 5.74) is 1.64. The lowest BCUT2D eigenvalue weighted by molar-refractivity contribution is 0.288. The van der Waals surface area contributed by atoms with Crippen molar-refractivity contribution in [1.82, 2.24) is 0 Å². The van der Waals surface area contributed by atoms with E-state index in [1.54, 1.807) is 0 Å². The molecule has 0 bridgehead atoms. The van der Waals surface area contributed by atoms with Crippen molar-refractivity contribution in [1.29, 1.82) is 5.26 Å². The first-order valence-corrected chi connectivity index (χ1v) is 5.57. The molecule has 0 saturated heterocycles. The maximum atomic E-state index is 9.05. The summed E-state index contributed by atoms with van der Waals surface area (Å²) in [5.74, 6) is 0. The molecule has 0 fully saturated rings. The van der Waals surface area contributed by atoms with E-state index in [1.807, 2.05) is 24.3 Å². The summed E-state index contributed by atoms with van der Waals surface area (Å²) < 4.78 is 0. The van der Waals surface area contributed by atoms with Crippen LogP contribution in [-0.2, 0) is 0 Å². The molecule has 0 radical (unpaired) electrons. The summed E-state index contributed by atoms with van der Waals surface area (Å²) in [5, 5.41) is 17.9. The Kier molecular flexibility index (Phi) is 4.81. The molecule has 0 atom stereocenters. The first-order valence-electron chi connectivity index (χ1n) is 5.57. The van der Waals surface area contributed by atoms with Gasteiger partial charge >= 0.3 is 0 Å². The van der Waals surface area contributed by atoms with Gasteiger partial charge in [-0.15, -0.1) is 0 Å². The van der Waals surface area contributed by atoms with Crippen LogP contribution in [0.15, 0.2) is 24.3 Å². The van der Waals surface area contributed by atoms with E-state index >= 15 is 0 Å². The normalized spacial score (nSPS) is 10.2. The fourth-order valence-corrected chi connectivity index (χ4v) is 1.72. The predicted octanol–water partition coefficient (Wildman–Crippen LogP) is 2.16. The number of anilines is 1. The largest absolute Gasteiger partial charge is 0.396 e. The molecule has 0 unspecified atom stereocenters. The van der Waals surface area contributed by atoms with Gasteiger partial charge in [0.2, 0.25) is 0 Å². The third-order valence-electron chi connectivity index (χ3n) is 2.51. The highest BCUT2D eigenvalue weighted by molar-refractivity contribution is 5.59. The molecule has 1 aromatic carbocycles. The number of aliphatic hydroxyl groups is 1. The Morgan fingerprint density at radius 2 is 2.06 bits per heavy atom. The molecule has 1 N–H and O–H groups in total. The van der Waals surface area contributed by atoms with Crippen molar-refractivity contribution in [3.8, 4) is 6.07 Å². The van der Waals surface area contributed by atoms with E-state index < -0.39 is 0 Å². The van der Waals surface area contributed by atoms with E-state index in [2.05, 4.69) is 24.8 Å². The minimum absolute atomic E-state index is 0.179. The number of nitrogens with zero attached hydrogens (tertiary/aromatic N) is 2. The summed E-state index contributed by atoms with van der Waals surface area (Å²) >= 11 is 0. The summed E-state index contributed by atoms with van der Waals surface area (Å²) in [6.07, 6.45) is 0.720. The van der Waals surface area contributed by atoms with Crippen LogP contribution >= 0.6 is 0 Å². The van der Waals surface area contributed by atoms with Crippen LogP contribution in [0.25, 0.3) is 0 Å². The number of aliphatic hydroxyl groups excluding tert-OH is 1. The van der Waals surface area contributed by atoms with Crippen molar-refractivity contribution < 1.29 is 5.11 Å². The number of hydrogen-bond acceptors (Lipinski definition) is 3. The van der Waals surface area contributed by atoms with Crippen LogP contribution in [0, 0.1) is 11.3 Å². The van der Waals surface area contributed by atoms with Crippen molar-refractivity contribution in [2.75, 3.05) is 18.1 Å². The van der Waals surface area contributed by atoms with Gasteiger partial charge in [-0.25, -0.2) is 0 Å². The quantitative estimate of drug-likeness (QED) is 0.823. The van der Waals surface area contributed by atoms with Gasteiger partial charge < -0.3 is 10.0 Å². The van der Waals surface area contributed by atoms with Crippen LogP contribution in [-0.4, -0.2) is 24.3 Å². The standard InChI is InChI=1S/C13H18N2O/c1-11(2)15(8-5-9-16)13-7-4-3-6-12(13)10-14/h3-4,6-7,11,16H,5,8-9H2,1-2H3. The van der Waals surface area contributed by atoms with Crippen molar-refractivity contribution in [3.05, 3.63) is 29.8 Å². The molecule has 0 aliphatic heterocycles. The van der Waals surface area contributed by atoms with E-state index in [4.69, 9.17) is 10.4 Å². The third-order valence-corrected chi connectivity index (χ3v) is 2.51. The fourth-order valence-electron chi connectivity index (χ4n) is 1.72. The second kappa shape index (κ2) is 6.14. The zero-order valence-electron chi connectivity index (χ0n) is 9.85. The van der Waals surface area contributed by atoms with Crippen molar-refractivity contribution in [2.45, 2.75) is 26.3 Å². The lowest BCUT2D eigenvalue weighted by Crippen LogP contribution is -2.32. The SMILES string of the molecule is CC(C)N(CCCO)c1ccccc1C#N. The van der Waals surface area contributed by atoms with Crippen LogP contribution in [0.1, 0.15) is 25.8 Å². The summed E-state index contributed by atoms with van der Waals surface area (Å²) in [4.78, 5) is 2.15. The van der Waals surface area contributed by atoms with E-state index in [1.165, 1.54) is 0 Å². The molecule has 0 amide bonds. The predicted molar refractivity (Wildman–Crippen MR) is 65.3 cm³/mol. The molecule has 86 valence electrons. The highest BCUT2D eigenvalue weighted by Gasteiger charge is 2.13. The summed E-state index contributed by atoms with van der Waals surface area (Å²) in [7, 11) is 0. The minimum atomic E-state index is 0.179. The van der Waals surface area contributed by atoms with Gasteiger partial charge in [0.1, 0.15) is 6.07 Å². The highest BCUT2D eigenvalue weighted by atomic mass is 16.3. The number of para-hydroxylation sites is 1. The number of rotatable bonds is 5. The van der Waals surface area contributed by atoms with Gasteiger partial charge in [0.05, 0.1) is 11.3 Å². The topological polar surface area (TPSA) is 47.3 Å². The molecule has 0 spiro atoms. The lowest BCUT2D eigenvalue weighted by Gasteiger charge is -2.29. The highest BCUT2D eigenvalue weighted by Crippen LogP contribution is 2.21. The van der Waals surface area contributed by atoms with Crippen LogP contribution in [0.5, 0.6) is 0 Å². The van der Waals surface area contributed by atoms with Gasteiger partial charge in [-0.2, -0.15) is 5.26 Å². The van der Waals surface area contributed by atoms with Crippen LogP contribution < -0.4 is 4.90 Å². The van der Waals surface area contributed by atoms with E-state index in [9.17, 15) is 0 Å². The van der Waals surface area contributed by atoms with Gasteiger partial charge in [0.15, 0.2) is 0 Å². The Balaban J connectivity index is 2.97. The van der Waals surface area contributed by atoms with Crippen LogP contribution in [0.3, 0.4) is 0 Å². The average molecular weight is 218 g/mol. The van der Waals surface area contributed by atoms with Crippen molar-refractivity contribution in [2.24, 2.45) is 0 Å². The van der Waals surface area contributed by atoms with E-state index in [0.717, 1.165) is 18.7 Å². The Morgan fingerprint density at radius 3 is 2.62 bits per heavy atom. The Bertz CT molecular complexity index is 368. The maximum Gasteiger partial charge on any atom is 0.101 e. The first-order chi connectivity index (χ1) is 7.70. The second-order valence-electron chi connectivity index (χ2n) is 3.99. The van der Waals surface area contributed by atoms with Gasteiger partial charge in [-0.05, 0) is 32.4 Å². The Labute approximate surface area is 96.9 Å². The molecule has 0 aliphatic carbocycles. The maximum absolute atomic E-state index is 9.05. The fraction of sp³-hybridized carbons (Fsp3) is 0.462. The molecule has 0 aromatic heterocycles. The van der Waals surface area contributed by atoms with Crippen molar-refractivity contribution in [3.63, 3.8) is 0 Å². The molecule has 3 nitrogen and oxygen atoms in total. The number of benzene rings is 1. The van der Waals surface area contributed by atoms with Crippen molar-refractivity contribution >= 4 is 5.69 Å². The van der Waals surface area contributed by atoms with Crippen LogP contribution in [0.4, 0.5) is 5.69 Å². The monoisotopic (exact) mass is 218 g/mol. The van der Waals surface area contributed by atoms with Gasteiger partial charge in [0.25, 0.3) is 0 Å². The second-order valence-corrected chi connectivity index (χ2v) is 3.99. The first kappa shape index (κ1) is 12.5. The zero-order chi connectivity index (χ0) is 12.0. The average Bonchev–Trinajstić information content (AvgIpc) is 2.29. The summed E-state index contributed by atoms with van der Waals surface area (Å²) in [6, 6.07) is 10.1. The van der Waals surface area contributed by atoms with Gasteiger partial charge in [-0.1, -0.05) is 12.1 Å². The Hall–Kier alpha value is -1.53.